The Morgan fingerprint density at radius 3 is 2.26 bits per heavy atom. The van der Waals surface area contributed by atoms with Crippen LogP contribution in [0.2, 0.25) is 0 Å². The molecule has 2 aromatic carbocycles. The number of carbonyl (C=O) groups excluding carboxylic acids is 1. The molecule has 144 valence electrons. The molecule has 0 aliphatic heterocycles. The van der Waals surface area contributed by atoms with Crippen molar-refractivity contribution in [3.63, 3.8) is 0 Å². The highest BCUT2D eigenvalue weighted by Gasteiger charge is 2.38. The van der Waals surface area contributed by atoms with E-state index in [2.05, 4.69) is 34.3 Å². The minimum Gasteiger partial charge on any atom is -0.355 e. The summed E-state index contributed by atoms with van der Waals surface area (Å²) >= 11 is 0. The highest BCUT2D eigenvalue weighted by Crippen LogP contribution is 2.43. The first-order chi connectivity index (χ1) is 13.0. The Labute approximate surface area is 161 Å². The lowest BCUT2D eigenvalue weighted by atomic mass is 9.64. The number of amides is 1. The zero-order valence-electron chi connectivity index (χ0n) is 15.6. The number of aryl methyl sites for hydroxylation is 1. The van der Waals surface area contributed by atoms with Crippen molar-refractivity contribution in [1.29, 1.82) is 0 Å². The standard InChI is InChI=1S/C21H26N2O3S/c1-22-27(25,26)19-11-8-17(9-12-19)10-13-20(24)23-16-21(14-5-15-21)18-6-3-2-4-7-18/h2-4,6-9,11-12,22H,5,10,13-16H2,1H3,(H,23,24). The molecule has 6 heteroatoms. The summed E-state index contributed by atoms with van der Waals surface area (Å²) < 4.78 is 25.8. The molecule has 0 heterocycles. The van der Waals surface area contributed by atoms with E-state index in [9.17, 15) is 13.2 Å². The Bertz CT molecular complexity index is 873. The van der Waals surface area contributed by atoms with Crippen molar-refractivity contribution in [3.8, 4) is 0 Å². The summed E-state index contributed by atoms with van der Waals surface area (Å²) in [6.45, 7) is 0.676. The molecule has 27 heavy (non-hydrogen) atoms. The third-order valence-electron chi connectivity index (χ3n) is 5.46. The van der Waals surface area contributed by atoms with E-state index in [1.165, 1.54) is 19.0 Å². The zero-order chi connectivity index (χ0) is 19.3. The van der Waals surface area contributed by atoms with Gasteiger partial charge in [-0.2, -0.15) is 0 Å². The van der Waals surface area contributed by atoms with E-state index in [1.807, 2.05) is 6.07 Å². The summed E-state index contributed by atoms with van der Waals surface area (Å²) in [4.78, 5) is 12.5. The van der Waals surface area contributed by atoms with Gasteiger partial charge in [-0.25, -0.2) is 13.1 Å². The summed E-state index contributed by atoms with van der Waals surface area (Å²) in [5.74, 6) is 0.0316. The van der Waals surface area contributed by atoms with Gasteiger partial charge < -0.3 is 5.32 Å². The number of sulfonamides is 1. The van der Waals surface area contributed by atoms with Crippen LogP contribution < -0.4 is 10.0 Å². The van der Waals surface area contributed by atoms with Crippen LogP contribution in [-0.4, -0.2) is 27.9 Å². The number of benzene rings is 2. The molecule has 1 amide bonds. The maximum absolute atomic E-state index is 12.3. The number of hydrogen-bond acceptors (Lipinski definition) is 3. The van der Waals surface area contributed by atoms with E-state index in [4.69, 9.17) is 0 Å². The molecule has 0 atom stereocenters. The molecule has 0 radical (unpaired) electrons. The van der Waals surface area contributed by atoms with Gasteiger partial charge in [-0.3, -0.25) is 4.79 Å². The van der Waals surface area contributed by atoms with Gasteiger partial charge in [0.05, 0.1) is 4.90 Å². The molecule has 2 aromatic rings. The fourth-order valence-corrected chi connectivity index (χ4v) is 4.26. The van der Waals surface area contributed by atoms with Gasteiger partial charge in [-0.05, 0) is 49.6 Å². The Hall–Kier alpha value is -2.18. The molecule has 0 saturated heterocycles. The number of rotatable bonds is 8. The van der Waals surface area contributed by atoms with Gasteiger partial charge in [-0.1, -0.05) is 48.9 Å². The van der Waals surface area contributed by atoms with Crippen LogP contribution in [-0.2, 0) is 26.7 Å². The first kappa shape index (κ1) is 19.6. The van der Waals surface area contributed by atoms with Crippen molar-refractivity contribution in [2.75, 3.05) is 13.6 Å². The molecule has 1 fully saturated rings. The molecule has 0 unspecified atom stereocenters. The van der Waals surface area contributed by atoms with Crippen LogP contribution in [0.25, 0.3) is 0 Å². The lowest BCUT2D eigenvalue weighted by Gasteiger charge is -2.42. The van der Waals surface area contributed by atoms with Gasteiger partial charge >= 0.3 is 0 Å². The first-order valence-electron chi connectivity index (χ1n) is 9.30. The molecule has 1 aliphatic rings. The Morgan fingerprint density at radius 1 is 1.04 bits per heavy atom. The third-order valence-corrected chi connectivity index (χ3v) is 6.89. The molecular weight excluding hydrogens is 360 g/mol. The summed E-state index contributed by atoms with van der Waals surface area (Å²) in [7, 11) is -2.04. The summed E-state index contributed by atoms with van der Waals surface area (Å²) in [5.41, 5.74) is 2.33. The average Bonchev–Trinajstić information content (AvgIpc) is 2.66. The maximum Gasteiger partial charge on any atom is 0.240 e. The minimum absolute atomic E-state index is 0.0316. The van der Waals surface area contributed by atoms with Crippen LogP contribution >= 0.6 is 0 Å². The molecule has 0 aromatic heterocycles. The van der Waals surface area contributed by atoms with Crippen LogP contribution in [0.4, 0.5) is 0 Å². The molecule has 5 nitrogen and oxygen atoms in total. The van der Waals surface area contributed by atoms with E-state index in [1.54, 1.807) is 24.3 Å². The number of carbonyl (C=O) groups is 1. The van der Waals surface area contributed by atoms with Gasteiger partial charge in [-0.15, -0.1) is 0 Å². The monoisotopic (exact) mass is 386 g/mol. The van der Waals surface area contributed by atoms with Crippen molar-refractivity contribution < 1.29 is 13.2 Å². The maximum atomic E-state index is 12.3. The summed E-state index contributed by atoms with van der Waals surface area (Å²) in [6, 6.07) is 17.1. The Morgan fingerprint density at radius 2 is 1.70 bits per heavy atom. The van der Waals surface area contributed by atoms with Crippen molar-refractivity contribution in [2.24, 2.45) is 0 Å². The van der Waals surface area contributed by atoms with Crippen LogP contribution in [0.3, 0.4) is 0 Å². The van der Waals surface area contributed by atoms with E-state index < -0.39 is 10.0 Å². The Kier molecular flexibility index (Phi) is 5.97. The zero-order valence-corrected chi connectivity index (χ0v) is 16.4. The molecule has 1 saturated carbocycles. The molecule has 1 aliphatic carbocycles. The molecular formula is C21H26N2O3S. The fraction of sp³-hybridized carbons (Fsp3) is 0.381. The van der Waals surface area contributed by atoms with E-state index in [-0.39, 0.29) is 16.2 Å². The van der Waals surface area contributed by atoms with Gasteiger partial charge in [0.2, 0.25) is 15.9 Å². The van der Waals surface area contributed by atoms with Crippen molar-refractivity contribution in [3.05, 3.63) is 65.7 Å². The first-order valence-corrected chi connectivity index (χ1v) is 10.8. The molecule has 3 rings (SSSR count). The lowest BCUT2D eigenvalue weighted by molar-refractivity contribution is -0.121. The van der Waals surface area contributed by atoms with E-state index >= 15 is 0 Å². The predicted molar refractivity (Wildman–Crippen MR) is 106 cm³/mol. The normalized spacial score (nSPS) is 15.7. The van der Waals surface area contributed by atoms with Crippen LogP contribution in [0.5, 0.6) is 0 Å². The van der Waals surface area contributed by atoms with Gasteiger partial charge in [0.25, 0.3) is 0 Å². The second-order valence-electron chi connectivity index (χ2n) is 7.13. The SMILES string of the molecule is CNS(=O)(=O)c1ccc(CCC(=O)NCC2(c3ccccc3)CCC2)cc1. The Balaban J connectivity index is 1.51. The van der Waals surface area contributed by atoms with E-state index in [0.717, 1.165) is 18.4 Å². The van der Waals surface area contributed by atoms with Gasteiger partial charge in [0, 0.05) is 18.4 Å². The topological polar surface area (TPSA) is 75.3 Å². The largest absolute Gasteiger partial charge is 0.355 e. The van der Waals surface area contributed by atoms with Crippen LogP contribution in [0.15, 0.2) is 59.5 Å². The highest BCUT2D eigenvalue weighted by molar-refractivity contribution is 7.89. The molecule has 0 bridgehead atoms. The third kappa shape index (κ3) is 4.57. The van der Waals surface area contributed by atoms with Crippen LogP contribution in [0, 0.1) is 0 Å². The van der Waals surface area contributed by atoms with Gasteiger partial charge in [0.15, 0.2) is 0 Å². The average molecular weight is 387 g/mol. The quantitative estimate of drug-likeness (QED) is 0.732. The molecule has 2 N–H and O–H groups in total. The van der Waals surface area contributed by atoms with Crippen molar-refractivity contribution >= 4 is 15.9 Å². The second kappa shape index (κ2) is 8.23. The summed E-state index contributed by atoms with van der Waals surface area (Å²) in [5, 5.41) is 3.09. The smallest absolute Gasteiger partial charge is 0.240 e. The lowest BCUT2D eigenvalue weighted by Crippen LogP contribution is -2.45. The van der Waals surface area contributed by atoms with Crippen molar-refractivity contribution in [1.82, 2.24) is 10.0 Å². The fourth-order valence-electron chi connectivity index (χ4n) is 3.53. The predicted octanol–water partition coefficient (Wildman–Crippen LogP) is 2.77. The highest BCUT2D eigenvalue weighted by atomic mass is 32.2. The van der Waals surface area contributed by atoms with Crippen LogP contribution in [0.1, 0.15) is 36.8 Å². The summed E-state index contributed by atoms with van der Waals surface area (Å²) in [6.07, 6.45) is 4.40. The number of hydrogen-bond donors (Lipinski definition) is 2. The minimum atomic E-state index is -3.42. The number of nitrogens with one attached hydrogen (secondary N) is 2. The van der Waals surface area contributed by atoms with Crippen molar-refractivity contribution in [2.45, 2.75) is 42.4 Å². The van der Waals surface area contributed by atoms with Gasteiger partial charge in [0.1, 0.15) is 0 Å². The van der Waals surface area contributed by atoms with E-state index in [0.29, 0.717) is 19.4 Å². The second-order valence-corrected chi connectivity index (χ2v) is 9.01. The molecule has 0 spiro atoms.